The molecule has 1 aromatic carbocycles. The minimum atomic E-state index is 0.828. The van der Waals surface area contributed by atoms with Crippen LogP contribution in [-0.4, -0.2) is 26.2 Å². The molecule has 2 nitrogen and oxygen atoms in total. The van der Waals surface area contributed by atoms with Crippen LogP contribution in [0.15, 0.2) is 24.3 Å². The van der Waals surface area contributed by atoms with Gasteiger partial charge in [-0.2, -0.15) is 0 Å². The Morgan fingerprint density at radius 3 is 2.56 bits per heavy atom. The van der Waals surface area contributed by atoms with Gasteiger partial charge in [-0.15, -0.1) is 0 Å². The number of halogens is 1. The van der Waals surface area contributed by atoms with E-state index in [0.29, 0.717) is 0 Å². The minimum Gasteiger partial charge on any atom is -0.487 e. The summed E-state index contributed by atoms with van der Waals surface area (Å²) in [5, 5.41) is 0. The van der Waals surface area contributed by atoms with Crippen LogP contribution in [0.25, 0.3) is 0 Å². The van der Waals surface area contributed by atoms with E-state index < -0.39 is 0 Å². The number of hydrogen-bond acceptors (Lipinski definition) is 1. The summed E-state index contributed by atoms with van der Waals surface area (Å²) >= 11 is 2.33. The standard InChI is InChI=1S/C15H22INO/c1-12-9-13(2)11-17(10-12)7-8-18-15-6-4-3-5-14(15)16/h3-6,12-13H,7-11H2,1-2H3/p+1/t12-,13+. The van der Waals surface area contributed by atoms with Crippen LogP contribution < -0.4 is 9.64 Å². The highest BCUT2D eigenvalue weighted by atomic mass is 127. The second-order valence-electron chi connectivity index (χ2n) is 5.63. The Bertz CT molecular complexity index is 373. The molecule has 1 heterocycles. The van der Waals surface area contributed by atoms with Crippen molar-refractivity contribution in [2.45, 2.75) is 20.3 Å². The van der Waals surface area contributed by atoms with Crippen LogP contribution in [0.4, 0.5) is 0 Å². The van der Waals surface area contributed by atoms with Crippen LogP contribution in [0, 0.1) is 15.4 Å². The molecule has 1 N–H and O–H groups in total. The Balaban J connectivity index is 1.77. The molecule has 0 amide bonds. The van der Waals surface area contributed by atoms with Gasteiger partial charge in [-0.1, -0.05) is 26.0 Å². The van der Waals surface area contributed by atoms with Crippen LogP contribution in [-0.2, 0) is 0 Å². The quantitative estimate of drug-likeness (QED) is 0.814. The summed E-state index contributed by atoms with van der Waals surface area (Å²) in [4.78, 5) is 1.70. The first-order valence-electron chi connectivity index (χ1n) is 6.86. The van der Waals surface area contributed by atoms with Gasteiger partial charge < -0.3 is 9.64 Å². The largest absolute Gasteiger partial charge is 0.487 e. The van der Waals surface area contributed by atoms with Gasteiger partial charge in [0.1, 0.15) is 18.9 Å². The summed E-state index contributed by atoms with van der Waals surface area (Å²) in [6.07, 6.45) is 1.39. The third kappa shape index (κ3) is 4.12. The van der Waals surface area contributed by atoms with Crippen molar-refractivity contribution < 1.29 is 9.64 Å². The normalized spacial score (nSPS) is 28.1. The van der Waals surface area contributed by atoms with E-state index in [9.17, 15) is 0 Å². The van der Waals surface area contributed by atoms with Crippen molar-refractivity contribution in [1.29, 1.82) is 0 Å². The number of benzene rings is 1. The molecule has 3 atom stereocenters. The first-order chi connectivity index (χ1) is 8.65. The summed E-state index contributed by atoms with van der Waals surface area (Å²) in [6, 6.07) is 8.23. The molecule has 0 radical (unpaired) electrons. The molecule has 100 valence electrons. The van der Waals surface area contributed by atoms with Gasteiger partial charge in [-0.3, -0.25) is 0 Å². The lowest BCUT2D eigenvalue weighted by Crippen LogP contribution is -3.14. The van der Waals surface area contributed by atoms with Gasteiger partial charge in [0.15, 0.2) is 0 Å². The molecule has 0 bridgehead atoms. The lowest BCUT2D eigenvalue weighted by molar-refractivity contribution is -0.912. The minimum absolute atomic E-state index is 0.828. The van der Waals surface area contributed by atoms with Crippen molar-refractivity contribution in [3.63, 3.8) is 0 Å². The van der Waals surface area contributed by atoms with Gasteiger partial charge in [0, 0.05) is 11.8 Å². The molecular formula is C15H23INO+. The molecule has 1 aliphatic heterocycles. The topological polar surface area (TPSA) is 13.7 Å². The number of ether oxygens (including phenoxy) is 1. The Hall–Kier alpha value is -0.290. The van der Waals surface area contributed by atoms with Crippen molar-refractivity contribution in [3.8, 4) is 5.75 Å². The maximum Gasteiger partial charge on any atom is 0.137 e. The maximum absolute atomic E-state index is 5.88. The number of nitrogens with one attached hydrogen (secondary N) is 1. The molecule has 2 rings (SSSR count). The van der Waals surface area contributed by atoms with E-state index >= 15 is 0 Å². The van der Waals surface area contributed by atoms with Gasteiger partial charge >= 0.3 is 0 Å². The van der Waals surface area contributed by atoms with E-state index in [4.69, 9.17) is 4.74 Å². The number of hydrogen-bond donors (Lipinski definition) is 1. The molecule has 0 aromatic heterocycles. The Kier molecular flexibility index (Phi) is 5.30. The van der Waals surface area contributed by atoms with Gasteiger partial charge in [0.2, 0.25) is 0 Å². The zero-order valence-corrected chi connectivity index (χ0v) is 13.4. The zero-order valence-electron chi connectivity index (χ0n) is 11.3. The molecule has 18 heavy (non-hydrogen) atoms. The van der Waals surface area contributed by atoms with E-state index in [2.05, 4.69) is 48.6 Å². The highest BCUT2D eigenvalue weighted by molar-refractivity contribution is 14.1. The van der Waals surface area contributed by atoms with Gasteiger partial charge in [-0.05, 0) is 41.1 Å². The summed E-state index contributed by atoms with van der Waals surface area (Å²) in [6.45, 7) is 9.31. The Labute approximate surface area is 124 Å². The van der Waals surface area contributed by atoms with Crippen molar-refractivity contribution >= 4 is 22.6 Å². The SMILES string of the molecule is C[C@@H]1C[C@H](C)C[NH+](CCOc2ccccc2I)C1. The van der Waals surface area contributed by atoms with Crippen LogP contribution >= 0.6 is 22.6 Å². The van der Waals surface area contributed by atoms with Gasteiger partial charge in [-0.25, -0.2) is 0 Å². The molecule has 0 saturated carbocycles. The first-order valence-corrected chi connectivity index (χ1v) is 7.94. The second-order valence-corrected chi connectivity index (χ2v) is 6.80. The molecule has 1 saturated heterocycles. The fourth-order valence-electron chi connectivity index (χ4n) is 2.99. The third-order valence-corrected chi connectivity index (χ3v) is 4.52. The fourth-order valence-corrected chi connectivity index (χ4v) is 3.54. The van der Waals surface area contributed by atoms with Crippen molar-refractivity contribution in [2.24, 2.45) is 11.8 Å². The van der Waals surface area contributed by atoms with Crippen LogP contribution in [0.1, 0.15) is 20.3 Å². The predicted molar refractivity (Wildman–Crippen MR) is 83.2 cm³/mol. The monoisotopic (exact) mass is 360 g/mol. The summed E-state index contributed by atoms with van der Waals surface area (Å²) in [7, 11) is 0. The van der Waals surface area contributed by atoms with Gasteiger partial charge in [0.05, 0.1) is 16.7 Å². The molecule has 0 aliphatic carbocycles. The molecule has 1 aliphatic rings. The van der Waals surface area contributed by atoms with E-state index in [1.165, 1.54) is 23.1 Å². The predicted octanol–water partition coefficient (Wildman–Crippen LogP) is 2.23. The molecule has 1 aromatic rings. The van der Waals surface area contributed by atoms with Gasteiger partial charge in [0.25, 0.3) is 0 Å². The number of rotatable bonds is 4. The molecule has 1 unspecified atom stereocenters. The van der Waals surface area contributed by atoms with Crippen LogP contribution in [0.2, 0.25) is 0 Å². The average molecular weight is 360 g/mol. The third-order valence-electron chi connectivity index (χ3n) is 3.63. The number of quaternary nitrogens is 1. The zero-order chi connectivity index (χ0) is 13.0. The van der Waals surface area contributed by atoms with Crippen molar-refractivity contribution in [2.75, 3.05) is 26.2 Å². The number of piperidine rings is 1. The Morgan fingerprint density at radius 1 is 1.22 bits per heavy atom. The average Bonchev–Trinajstić information content (AvgIpc) is 2.30. The van der Waals surface area contributed by atoms with E-state index in [1.807, 2.05) is 12.1 Å². The fraction of sp³-hybridized carbons (Fsp3) is 0.600. The lowest BCUT2D eigenvalue weighted by atomic mass is 9.92. The summed E-state index contributed by atoms with van der Waals surface area (Å²) in [5.41, 5.74) is 0. The molecule has 3 heteroatoms. The first kappa shape index (κ1) is 14.1. The van der Waals surface area contributed by atoms with E-state index in [1.54, 1.807) is 4.90 Å². The van der Waals surface area contributed by atoms with Crippen LogP contribution in [0.5, 0.6) is 5.75 Å². The van der Waals surface area contributed by atoms with E-state index in [-0.39, 0.29) is 0 Å². The lowest BCUT2D eigenvalue weighted by Gasteiger charge is -2.31. The van der Waals surface area contributed by atoms with Crippen molar-refractivity contribution in [1.82, 2.24) is 0 Å². The summed E-state index contributed by atoms with van der Waals surface area (Å²) in [5.74, 6) is 2.75. The smallest absolute Gasteiger partial charge is 0.137 e. The van der Waals surface area contributed by atoms with Crippen molar-refractivity contribution in [3.05, 3.63) is 27.8 Å². The van der Waals surface area contributed by atoms with E-state index in [0.717, 1.165) is 30.7 Å². The number of para-hydroxylation sites is 1. The molecule has 0 spiro atoms. The highest BCUT2D eigenvalue weighted by Crippen LogP contribution is 2.19. The summed E-state index contributed by atoms with van der Waals surface area (Å²) < 4.78 is 7.08. The maximum atomic E-state index is 5.88. The second kappa shape index (κ2) is 6.75. The Morgan fingerprint density at radius 2 is 1.89 bits per heavy atom. The molecule has 1 fully saturated rings. The molecular weight excluding hydrogens is 337 g/mol. The number of likely N-dealkylation sites (tertiary alicyclic amines) is 1. The van der Waals surface area contributed by atoms with Crippen LogP contribution in [0.3, 0.4) is 0 Å². The highest BCUT2D eigenvalue weighted by Gasteiger charge is 2.24.